The molecule has 1 aliphatic carbocycles. The van der Waals surface area contributed by atoms with Crippen molar-refractivity contribution in [2.45, 2.75) is 30.5 Å². The van der Waals surface area contributed by atoms with Crippen molar-refractivity contribution in [2.75, 3.05) is 0 Å². The Morgan fingerprint density at radius 1 is 1.19 bits per heavy atom. The molecule has 0 saturated heterocycles. The molecular weight excluding hydrogens is 288 g/mol. The van der Waals surface area contributed by atoms with Gasteiger partial charge in [0, 0.05) is 6.04 Å². The van der Waals surface area contributed by atoms with Crippen LogP contribution in [0.15, 0.2) is 52.0 Å². The number of hydrogen-bond donors (Lipinski definition) is 2. The second kappa shape index (κ2) is 5.63. The maximum Gasteiger partial charge on any atom is 0.271 e. The van der Waals surface area contributed by atoms with Crippen molar-refractivity contribution < 1.29 is 12.8 Å². The normalized spacial score (nSPS) is 16.8. The van der Waals surface area contributed by atoms with Gasteiger partial charge in [-0.1, -0.05) is 30.3 Å². The second-order valence-electron chi connectivity index (χ2n) is 5.37. The smallest absolute Gasteiger partial charge is 0.271 e. The molecule has 0 spiro atoms. The van der Waals surface area contributed by atoms with Crippen molar-refractivity contribution in [3.05, 3.63) is 53.8 Å². The van der Waals surface area contributed by atoms with Crippen molar-refractivity contribution in [1.29, 1.82) is 0 Å². The Morgan fingerprint density at radius 3 is 2.48 bits per heavy atom. The average molecular weight is 306 g/mol. The first-order valence-corrected chi connectivity index (χ1v) is 8.48. The third kappa shape index (κ3) is 3.53. The Bertz CT molecular complexity index is 706. The van der Waals surface area contributed by atoms with Crippen molar-refractivity contribution >= 4 is 10.0 Å². The van der Waals surface area contributed by atoms with Crippen molar-refractivity contribution in [3.63, 3.8) is 0 Å². The van der Waals surface area contributed by atoms with Crippen molar-refractivity contribution in [1.82, 2.24) is 5.32 Å². The van der Waals surface area contributed by atoms with E-state index in [9.17, 15) is 8.42 Å². The van der Waals surface area contributed by atoms with Gasteiger partial charge in [0.2, 0.25) is 5.09 Å². The first kappa shape index (κ1) is 14.3. The molecule has 1 heterocycles. The molecule has 1 fully saturated rings. The predicted octanol–water partition coefficient (Wildman–Crippen LogP) is 2.17. The SMILES string of the molecule is NS(=O)(=O)c1ccc(CNC(c2ccccc2)C2CC2)o1. The van der Waals surface area contributed by atoms with Gasteiger partial charge in [0.15, 0.2) is 0 Å². The van der Waals surface area contributed by atoms with Crippen LogP contribution < -0.4 is 10.5 Å². The summed E-state index contributed by atoms with van der Waals surface area (Å²) in [6, 6.07) is 13.6. The summed E-state index contributed by atoms with van der Waals surface area (Å²) in [5.74, 6) is 1.21. The van der Waals surface area contributed by atoms with E-state index < -0.39 is 10.0 Å². The third-order valence-corrected chi connectivity index (χ3v) is 4.45. The summed E-state index contributed by atoms with van der Waals surface area (Å²) >= 11 is 0. The number of sulfonamides is 1. The number of hydrogen-bond acceptors (Lipinski definition) is 4. The Balaban J connectivity index is 1.69. The van der Waals surface area contributed by atoms with Crippen LogP contribution in [0.1, 0.15) is 30.2 Å². The Morgan fingerprint density at radius 2 is 1.90 bits per heavy atom. The maximum absolute atomic E-state index is 11.2. The van der Waals surface area contributed by atoms with Crippen LogP contribution in [0.2, 0.25) is 0 Å². The molecule has 1 aliphatic rings. The molecule has 6 heteroatoms. The number of benzene rings is 1. The van der Waals surface area contributed by atoms with Gasteiger partial charge >= 0.3 is 0 Å². The molecule has 0 bridgehead atoms. The summed E-state index contributed by atoms with van der Waals surface area (Å²) in [6.07, 6.45) is 2.43. The van der Waals surface area contributed by atoms with E-state index in [-0.39, 0.29) is 11.1 Å². The third-order valence-electron chi connectivity index (χ3n) is 3.67. The van der Waals surface area contributed by atoms with E-state index in [0.29, 0.717) is 18.2 Å². The van der Waals surface area contributed by atoms with Gasteiger partial charge in [-0.3, -0.25) is 0 Å². The largest absolute Gasteiger partial charge is 0.447 e. The van der Waals surface area contributed by atoms with E-state index in [4.69, 9.17) is 9.56 Å². The lowest BCUT2D eigenvalue weighted by atomic mass is 10.0. The maximum atomic E-state index is 11.2. The Hall–Kier alpha value is -1.63. The van der Waals surface area contributed by atoms with Crippen LogP contribution in [0.4, 0.5) is 0 Å². The lowest BCUT2D eigenvalue weighted by Gasteiger charge is -2.18. The van der Waals surface area contributed by atoms with Crippen LogP contribution in [0.3, 0.4) is 0 Å². The van der Waals surface area contributed by atoms with Gasteiger partial charge in [0.05, 0.1) is 6.54 Å². The molecule has 3 rings (SSSR count). The van der Waals surface area contributed by atoms with Gasteiger partial charge in [0.25, 0.3) is 10.0 Å². The molecular formula is C15H18N2O3S. The fraction of sp³-hybridized carbons (Fsp3) is 0.333. The van der Waals surface area contributed by atoms with Gasteiger partial charge in [-0.25, -0.2) is 13.6 Å². The summed E-state index contributed by atoms with van der Waals surface area (Å²) in [7, 11) is -3.77. The molecule has 0 amide bonds. The minimum Gasteiger partial charge on any atom is -0.447 e. The quantitative estimate of drug-likeness (QED) is 0.856. The lowest BCUT2D eigenvalue weighted by Crippen LogP contribution is -2.22. The van der Waals surface area contributed by atoms with Crippen LogP contribution in [-0.2, 0) is 16.6 Å². The number of rotatable bonds is 6. The topological polar surface area (TPSA) is 85.3 Å². The zero-order valence-electron chi connectivity index (χ0n) is 11.5. The minimum atomic E-state index is -3.77. The summed E-state index contributed by atoms with van der Waals surface area (Å²) in [6.45, 7) is 0.478. The lowest BCUT2D eigenvalue weighted by molar-refractivity contribution is 0.380. The molecule has 112 valence electrons. The minimum absolute atomic E-state index is 0.193. The highest BCUT2D eigenvalue weighted by molar-refractivity contribution is 7.89. The molecule has 0 radical (unpaired) electrons. The number of nitrogens with two attached hydrogens (primary N) is 1. The van der Waals surface area contributed by atoms with E-state index in [1.807, 2.05) is 18.2 Å². The number of nitrogens with one attached hydrogen (secondary N) is 1. The monoisotopic (exact) mass is 306 g/mol. The highest BCUT2D eigenvalue weighted by Crippen LogP contribution is 2.41. The molecule has 1 aromatic heterocycles. The first-order chi connectivity index (χ1) is 10.0. The van der Waals surface area contributed by atoms with Crippen LogP contribution in [0, 0.1) is 5.92 Å². The first-order valence-electron chi connectivity index (χ1n) is 6.94. The van der Waals surface area contributed by atoms with E-state index in [1.54, 1.807) is 6.07 Å². The summed E-state index contributed by atoms with van der Waals surface area (Å²) < 4.78 is 27.6. The van der Waals surface area contributed by atoms with E-state index in [1.165, 1.54) is 24.5 Å². The van der Waals surface area contributed by atoms with Gasteiger partial charge in [-0.15, -0.1) is 0 Å². The fourth-order valence-electron chi connectivity index (χ4n) is 2.46. The second-order valence-corrected chi connectivity index (χ2v) is 6.86. The zero-order valence-corrected chi connectivity index (χ0v) is 12.3. The summed E-state index contributed by atoms with van der Waals surface area (Å²) in [4.78, 5) is 0. The number of primary sulfonamides is 1. The van der Waals surface area contributed by atoms with Crippen molar-refractivity contribution in [2.24, 2.45) is 11.1 Å². The summed E-state index contributed by atoms with van der Waals surface area (Å²) in [5.41, 5.74) is 1.25. The Labute approximate surface area is 124 Å². The number of furan rings is 1. The van der Waals surface area contributed by atoms with Crippen LogP contribution in [-0.4, -0.2) is 8.42 Å². The summed E-state index contributed by atoms with van der Waals surface area (Å²) in [5, 5.41) is 8.29. The molecule has 3 N–H and O–H groups in total. The van der Waals surface area contributed by atoms with Gasteiger partial charge in [-0.05, 0) is 36.5 Å². The van der Waals surface area contributed by atoms with E-state index in [0.717, 1.165) is 0 Å². The highest BCUT2D eigenvalue weighted by Gasteiger charge is 2.32. The van der Waals surface area contributed by atoms with E-state index in [2.05, 4.69) is 17.4 Å². The van der Waals surface area contributed by atoms with Gasteiger partial charge in [-0.2, -0.15) is 0 Å². The fourth-order valence-corrected chi connectivity index (χ4v) is 2.94. The predicted molar refractivity (Wildman–Crippen MR) is 78.8 cm³/mol. The molecule has 2 aromatic rings. The van der Waals surface area contributed by atoms with Crippen LogP contribution >= 0.6 is 0 Å². The highest BCUT2D eigenvalue weighted by atomic mass is 32.2. The Kier molecular flexibility index (Phi) is 3.84. The molecule has 1 atom stereocenters. The van der Waals surface area contributed by atoms with Crippen LogP contribution in [0.25, 0.3) is 0 Å². The average Bonchev–Trinajstić information content (AvgIpc) is 3.16. The zero-order chi connectivity index (χ0) is 14.9. The molecule has 1 saturated carbocycles. The molecule has 1 aromatic carbocycles. The molecule has 1 unspecified atom stereocenters. The van der Waals surface area contributed by atoms with Gasteiger partial charge < -0.3 is 9.73 Å². The van der Waals surface area contributed by atoms with Crippen molar-refractivity contribution in [3.8, 4) is 0 Å². The van der Waals surface area contributed by atoms with Crippen LogP contribution in [0.5, 0.6) is 0 Å². The van der Waals surface area contributed by atoms with E-state index >= 15 is 0 Å². The molecule has 5 nitrogen and oxygen atoms in total. The molecule has 0 aliphatic heterocycles. The standard InChI is InChI=1S/C15H18N2O3S/c16-21(18,19)14-9-8-13(20-14)10-17-15(12-6-7-12)11-4-2-1-3-5-11/h1-5,8-9,12,15,17H,6-7,10H2,(H2,16,18,19). The molecule has 21 heavy (non-hydrogen) atoms. The van der Waals surface area contributed by atoms with Gasteiger partial charge in [0.1, 0.15) is 5.76 Å².